The highest BCUT2D eigenvalue weighted by Crippen LogP contribution is 2.53. The lowest BCUT2D eigenvalue weighted by Gasteiger charge is -2.30. The fraction of sp³-hybridized carbons (Fsp3) is 0.294. The van der Waals surface area contributed by atoms with Crippen LogP contribution in [0.1, 0.15) is 19.3 Å². The first kappa shape index (κ1) is 16.9. The highest BCUT2D eigenvalue weighted by Gasteiger charge is 2.40. The number of hydrogen-bond acceptors (Lipinski definition) is 4. The van der Waals surface area contributed by atoms with E-state index in [-0.39, 0.29) is 11.5 Å². The molecule has 1 N–H and O–H groups in total. The molecule has 1 unspecified atom stereocenters. The summed E-state index contributed by atoms with van der Waals surface area (Å²) in [6.45, 7) is 0.716. The summed E-state index contributed by atoms with van der Waals surface area (Å²) in [6.07, 6.45) is 2.53. The summed E-state index contributed by atoms with van der Waals surface area (Å²) in [5.41, 5.74) is 0. The normalized spacial score (nSPS) is 18.2. The van der Waals surface area contributed by atoms with Crippen molar-refractivity contribution in [2.75, 3.05) is 6.54 Å². The maximum atomic E-state index is 13.4. The Morgan fingerprint density at radius 1 is 0.875 bits per heavy atom. The van der Waals surface area contributed by atoms with Crippen LogP contribution in [0.4, 0.5) is 8.78 Å². The van der Waals surface area contributed by atoms with E-state index in [4.69, 9.17) is 9.05 Å². The molecule has 0 aliphatic carbocycles. The second-order valence-electron chi connectivity index (χ2n) is 5.60. The number of rotatable bonds is 5. The van der Waals surface area contributed by atoms with Gasteiger partial charge in [-0.15, -0.1) is 0 Å². The summed E-state index contributed by atoms with van der Waals surface area (Å²) >= 11 is 0. The first-order valence-electron chi connectivity index (χ1n) is 7.79. The minimum Gasteiger partial charge on any atom is -0.415 e. The monoisotopic (exact) mass is 353 g/mol. The molecule has 1 aliphatic heterocycles. The molecule has 128 valence electrons. The lowest BCUT2D eigenvalue weighted by molar-refractivity contribution is 0.339. The van der Waals surface area contributed by atoms with Gasteiger partial charge in [-0.1, -0.05) is 0 Å². The molecule has 2 aromatic carbocycles. The average Bonchev–Trinajstić information content (AvgIpc) is 2.60. The van der Waals surface area contributed by atoms with Crippen molar-refractivity contribution in [1.82, 2.24) is 5.32 Å². The molecule has 1 fully saturated rings. The molecular weight excluding hydrogens is 335 g/mol. The van der Waals surface area contributed by atoms with Crippen molar-refractivity contribution in [3.8, 4) is 11.5 Å². The van der Waals surface area contributed by atoms with Crippen molar-refractivity contribution in [1.29, 1.82) is 0 Å². The summed E-state index contributed by atoms with van der Waals surface area (Å²) in [4.78, 5) is 0. The molecule has 0 aromatic heterocycles. The van der Waals surface area contributed by atoms with Gasteiger partial charge in [-0.25, -0.2) is 13.3 Å². The molecule has 1 atom stereocenters. The predicted octanol–water partition coefficient (Wildman–Crippen LogP) is 4.72. The van der Waals surface area contributed by atoms with Gasteiger partial charge in [-0.05, 0) is 74.3 Å². The van der Waals surface area contributed by atoms with Crippen LogP contribution >= 0.6 is 7.60 Å². The number of hydrogen-bond donors (Lipinski definition) is 1. The van der Waals surface area contributed by atoms with E-state index in [1.165, 1.54) is 48.5 Å². The van der Waals surface area contributed by atoms with Gasteiger partial charge in [-0.2, -0.15) is 0 Å². The van der Waals surface area contributed by atoms with Crippen LogP contribution in [0.2, 0.25) is 0 Å². The van der Waals surface area contributed by atoms with E-state index in [0.717, 1.165) is 12.8 Å². The lowest BCUT2D eigenvalue weighted by Crippen LogP contribution is -2.36. The van der Waals surface area contributed by atoms with Gasteiger partial charge in [0.25, 0.3) is 0 Å². The minimum atomic E-state index is -3.62. The van der Waals surface area contributed by atoms with E-state index in [0.29, 0.717) is 13.0 Å². The summed E-state index contributed by atoms with van der Waals surface area (Å²) in [6, 6.07) is 10.5. The Bertz CT molecular complexity index is 664. The molecule has 1 saturated heterocycles. The average molecular weight is 353 g/mol. The molecule has 0 saturated carbocycles. The van der Waals surface area contributed by atoms with Crippen molar-refractivity contribution >= 4 is 7.60 Å². The minimum absolute atomic E-state index is 0.259. The molecule has 1 aliphatic rings. The van der Waals surface area contributed by atoms with Crippen molar-refractivity contribution in [2.45, 2.75) is 25.0 Å². The predicted molar refractivity (Wildman–Crippen MR) is 87.3 cm³/mol. The van der Waals surface area contributed by atoms with Crippen LogP contribution in [-0.4, -0.2) is 12.3 Å². The second kappa shape index (κ2) is 7.32. The van der Waals surface area contributed by atoms with Gasteiger partial charge in [0.05, 0.1) is 0 Å². The molecule has 24 heavy (non-hydrogen) atoms. The van der Waals surface area contributed by atoms with Crippen LogP contribution in [0.15, 0.2) is 48.5 Å². The lowest BCUT2D eigenvalue weighted by atomic mass is 10.2. The van der Waals surface area contributed by atoms with Gasteiger partial charge in [0.15, 0.2) is 0 Å². The maximum Gasteiger partial charge on any atom is 0.447 e. The Hall–Kier alpha value is -1.91. The van der Waals surface area contributed by atoms with Crippen molar-refractivity contribution in [3.05, 3.63) is 60.2 Å². The third kappa shape index (κ3) is 4.13. The molecule has 1 heterocycles. The SMILES string of the molecule is O=P(Oc1ccc(F)cc1)(Oc1ccc(F)cc1)C1CCCCN1. The van der Waals surface area contributed by atoms with Gasteiger partial charge in [0.2, 0.25) is 0 Å². The van der Waals surface area contributed by atoms with Gasteiger partial charge in [-0.3, -0.25) is 0 Å². The van der Waals surface area contributed by atoms with E-state index in [9.17, 15) is 13.3 Å². The first-order valence-corrected chi connectivity index (χ1v) is 9.40. The molecule has 4 nitrogen and oxygen atoms in total. The first-order chi connectivity index (χ1) is 11.5. The van der Waals surface area contributed by atoms with Gasteiger partial charge in [0, 0.05) is 0 Å². The fourth-order valence-electron chi connectivity index (χ4n) is 2.53. The van der Waals surface area contributed by atoms with Crippen LogP contribution in [0.3, 0.4) is 0 Å². The fourth-order valence-corrected chi connectivity index (χ4v) is 4.51. The molecule has 2 aromatic rings. The van der Waals surface area contributed by atoms with Crippen LogP contribution in [0.25, 0.3) is 0 Å². The molecule has 3 rings (SSSR count). The molecule has 0 radical (unpaired) electrons. The number of benzene rings is 2. The van der Waals surface area contributed by atoms with Crippen LogP contribution in [-0.2, 0) is 4.57 Å². The standard InChI is InChI=1S/C17H18F2NO3P/c18-13-4-8-15(9-5-13)22-24(21,17-3-1-2-12-20-17)23-16-10-6-14(19)7-11-16/h4-11,17,20H,1-3,12H2. The van der Waals surface area contributed by atoms with Crippen LogP contribution in [0.5, 0.6) is 11.5 Å². The Balaban J connectivity index is 1.85. The molecule has 0 bridgehead atoms. The number of halogens is 2. The summed E-state index contributed by atoms with van der Waals surface area (Å²) in [5.74, 6) is -0.773. The summed E-state index contributed by atoms with van der Waals surface area (Å²) in [7, 11) is -3.62. The van der Waals surface area contributed by atoms with E-state index >= 15 is 0 Å². The summed E-state index contributed by atoms with van der Waals surface area (Å²) < 4.78 is 50.8. The topological polar surface area (TPSA) is 47.6 Å². The van der Waals surface area contributed by atoms with Gasteiger partial charge < -0.3 is 14.4 Å². The second-order valence-corrected chi connectivity index (χ2v) is 7.66. The quantitative estimate of drug-likeness (QED) is 0.791. The van der Waals surface area contributed by atoms with E-state index in [2.05, 4.69) is 5.32 Å². The van der Waals surface area contributed by atoms with Crippen LogP contribution in [0, 0.1) is 11.6 Å². The Labute approximate surface area is 139 Å². The summed E-state index contributed by atoms with van der Waals surface area (Å²) in [5, 5.41) is 3.16. The molecule has 0 spiro atoms. The van der Waals surface area contributed by atoms with E-state index < -0.39 is 25.0 Å². The van der Waals surface area contributed by atoms with Crippen molar-refractivity contribution in [3.63, 3.8) is 0 Å². The van der Waals surface area contributed by atoms with Gasteiger partial charge >= 0.3 is 7.60 Å². The maximum absolute atomic E-state index is 13.4. The number of piperidine rings is 1. The number of nitrogens with one attached hydrogen (secondary N) is 1. The largest absolute Gasteiger partial charge is 0.447 e. The Morgan fingerprint density at radius 2 is 1.38 bits per heavy atom. The Kier molecular flexibility index (Phi) is 5.17. The molecular formula is C17H18F2NO3P. The molecule has 0 amide bonds. The third-order valence-electron chi connectivity index (χ3n) is 3.76. The zero-order valence-electron chi connectivity index (χ0n) is 13.0. The highest BCUT2D eigenvalue weighted by molar-refractivity contribution is 7.55. The zero-order valence-corrected chi connectivity index (χ0v) is 13.8. The van der Waals surface area contributed by atoms with E-state index in [1.807, 2.05) is 0 Å². The van der Waals surface area contributed by atoms with E-state index in [1.54, 1.807) is 0 Å². The Morgan fingerprint density at radius 3 is 1.79 bits per heavy atom. The van der Waals surface area contributed by atoms with Gasteiger partial charge in [0.1, 0.15) is 28.9 Å². The zero-order chi connectivity index (χ0) is 17.0. The van der Waals surface area contributed by atoms with Crippen LogP contribution < -0.4 is 14.4 Å². The van der Waals surface area contributed by atoms with Crippen molar-refractivity contribution in [2.24, 2.45) is 0 Å². The highest BCUT2D eigenvalue weighted by atomic mass is 31.2. The van der Waals surface area contributed by atoms with Crippen molar-refractivity contribution < 1.29 is 22.4 Å². The molecule has 7 heteroatoms. The third-order valence-corrected chi connectivity index (χ3v) is 5.89. The smallest absolute Gasteiger partial charge is 0.415 e.